The molecule has 0 amide bonds. The van der Waals surface area contributed by atoms with E-state index in [2.05, 4.69) is 0 Å². The van der Waals surface area contributed by atoms with Gasteiger partial charge in [0, 0.05) is 6.07 Å². The smallest absolute Gasteiger partial charge is 0.379 e. The van der Waals surface area contributed by atoms with Crippen molar-refractivity contribution in [2.75, 3.05) is 0 Å². The summed E-state index contributed by atoms with van der Waals surface area (Å²) in [6.07, 6.45) is 3.07. The van der Waals surface area contributed by atoms with Crippen LogP contribution < -0.4 is 9.47 Å². The van der Waals surface area contributed by atoms with Gasteiger partial charge in [0.05, 0.1) is 11.8 Å². The Labute approximate surface area is 143 Å². The molecule has 1 aliphatic heterocycles. The molecule has 0 spiro atoms. The van der Waals surface area contributed by atoms with Crippen molar-refractivity contribution in [2.24, 2.45) is 0 Å². The van der Waals surface area contributed by atoms with Crippen LogP contribution >= 0.6 is 0 Å². The van der Waals surface area contributed by atoms with Crippen LogP contribution in [-0.4, -0.2) is 11.8 Å². The lowest BCUT2D eigenvalue weighted by molar-refractivity contribution is 0.0701. The number of hydrogen-bond acceptors (Lipinski definition) is 5. The fourth-order valence-electron chi connectivity index (χ4n) is 2.48. The second kappa shape index (κ2) is 6.13. The maximum atomic E-state index is 12.4. The molecule has 0 aliphatic carbocycles. The zero-order valence-electron chi connectivity index (χ0n) is 13.0. The Balaban J connectivity index is 1.57. The number of ether oxygens (including phenoxy) is 2. The van der Waals surface area contributed by atoms with Crippen LogP contribution in [0.15, 0.2) is 77.1 Å². The Morgan fingerprint density at radius 3 is 2.60 bits per heavy atom. The van der Waals surface area contributed by atoms with Gasteiger partial charge in [-0.15, -0.1) is 0 Å². The Hall–Kier alpha value is -3.60. The van der Waals surface area contributed by atoms with Gasteiger partial charge in [-0.1, -0.05) is 30.3 Å². The van der Waals surface area contributed by atoms with Gasteiger partial charge in [0.25, 0.3) is 0 Å². The van der Waals surface area contributed by atoms with Crippen molar-refractivity contribution in [1.29, 1.82) is 0 Å². The van der Waals surface area contributed by atoms with Crippen LogP contribution in [0, 0.1) is 0 Å². The number of allylic oxidation sites excluding steroid dienone is 1. The molecule has 3 aromatic rings. The molecular weight excluding hydrogens is 320 g/mol. The molecule has 0 saturated heterocycles. The molecular formula is C20H12O5. The third kappa shape index (κ3) is 2.95. The highest BCUT2D eigenvalue weighted by Crippen LogP contribution is 2.35. The number of furan rings is 1. The van der Waals surface area contributed by atoms with Gasteiger partial charge < -0.3 is 13.9 Å². The summed E-state index contributed by atoms with van der Waals surface area (Å²) in [5, 5.41) is 0. The molecule has 0 N–H and O–H groups in total. The average Bonchev–Trinajstić information content (AvgIpc) is 3.25. The first-order valence-corrected chi connectivity index (χ1v) is 7.60. The SMILES string of the molecule is O=C(Oc1ccc2c(c1)O/C(=C/c1ccccc1)C2=O)c1ccco1. The molecule has 0 bridgehead atoms. The summed E-state index contributed by atoms with van der Waals surface area (Å²) in [5.74, 6) is 0.140. The predicted molar refractivity (Wildman–Crippen MR) is 89.5 cm³/mol. The van der Waals surface area contributed by atoms with Gasteiger partial charge >= 0.3 is 5.97 Å². The Bertz CT molecular complexity index is 969. The number of hydrogen-bond donors (Lipinski definition) is 0. The average molecular weight is 332 g/mol. The van der Waals surface area contributed by atoms with Gasteiger partial charge in [0.1, 0.15) is 11.5 Å². The second-order valence-electron chi connectivity index (χ2n) is 5.38. The molecule has 122 valence electrons. The van der Waals surface area contributed by atoms with Crippen LogP contribution in [0.4, 0.5) is 0 Å². The van der Waals surface area contributed by atoms with Gasteiger partial charge in [-0.3, -0.25) is 4.79 Å². The summed E-state index contributed by atoms with van der Waals surface area (Å²) in [6.45, 7) is 0. The topological polar surface area (TPSA) is 65.7 Å². The van der Waals surface area contributed by atoms with Gasteiger partial charge in [-0.25, -0.2) is 4.79 Å². The summed E-state index contributed by atoms with van der Waals surface area (Å²) < 4.78 is 15.9. The third-order valence-electron chi connectivity index (χ3n) is 3.67. The number of rotatable bonds is 3. The quantitative estimate of drug-likeness (QED) is 0.410. The lowest BCUT2D eigenvalue weighted by atomic mass is 10.1. The number of esters is 1. The largest absolute Gasteiger partial charge is 0.457 e. The first kappa shape index (κ1) is 15.0. The predicted octanol–water partition coefficient (Wildman–Crippen LogP) is 4.12. The van der Waals surface area contributed by atoms with E-state index in [0.717, 1.165) is 5.56 Å². The molecule has 0 fully saturated rings. The van der Waals surface area contributed by atoms with E-state index in [1.54, 1.807) is 24.3 Å². The lowest BCUT2D eigenvalue weighted by Gasteiger charge is -2.04. The van der Waals surface area contributed by atoms with Crippen LogP contribution in [0.1, 0.15) is 26.5 Å². The molecule has 5 heteroatoms. The molecule has 2 heterocycles. The zero-order valence-corrected chi connectivity index (χ0v) is 13.0. The molecule has 0 saturated carbocycles. The van der Waals surface area contributed by atoms with E-state index in [4.69, 9.17) is 13.9 Å². The molecule has 25 heavy (non-hydrogen) atoms. The number of fused-ring (bicyclic) bond motifs is 1. The van der Waals surface area contributed by atoms with Crippen molar-refractivity contribution >= 4 is 17.8 Å². The maximum absolute atomic E-state index is 12.4. The molecule has 2 aromatic carbocycles. The monoisotopic (exact) mass is 332 g/mol. The summed E-state index contributed by atoms with van der Waals surface area (Å²) in [4.78, 5) is 24.3. The first-order valence-electron chi connectivity index (χ1n) is 7.60. The van der Waals surface area contributed by atoms with Crippen molar-refractivity contribution in [3.05, 3.63) is 89.6 Å². The molecule has 4 rings (SSSR count). The normalized spacial score (nSPS) is 14.2. The molecule has 0 atom stereocenters. The fourth-order valence-corrected chi connectivity index (χ4v) is 2.48. The Morgan fingerprint density at radius 2 is 1.84 bits per heavy atom. The fraction of sp³-hybridized carbons (Fsp3) is 0. The van der Waals surface area contributed by atoms with Crippen LogP contribution in [0.5, 0.6) is 11.5 Å². The summed E-state index contributed by atoms with van der Waals surface area (Å²) >= 11 is 0. The highest BCUT2D eigenvalue weighted by Gasteiger charge is 2.28. The number of benzene rings is 2. The first-order chi connectivity index (χ1) is 12.2. The number of carbonyl (C=O) groups excluding carboxylic acids is 2. The van der Waals surface area contributed by atoms with Crippen LogP contribution in [0.2, 0.25) is 0 Å². The standard InChI is InChI=1S/C20H12O5/c21-19-15-9-8-14(24-20(22)16-7-4-10-23-16)12-17(15)25-18(19)11-13-5-2-1-3-6-13/h1-12H/b18-11+. The van der Waals surface area contributed by atoms with Crippen molar-refractivity contribution in [1.82, 2.24) is 0 Å². The van der Waals surface area contributed by atoms with E-state index < -0.39 is 5.97 Å². The molecule has 1 aromatic heterocycles. The van der Waals surface area contributed by atoms with E-state index in [9.17, 15) is 9.59 Å². The van der Waals surface area contributed by atoms with E-state index in [1.807, 2.05) is 30.3 Å². The van der Waals surface area contributed by atoms with Gasteiger partial charge in [-0.05, 0) is 35.9 Å². The molecule has 1 aliphatic rings. The van der Waals surface area contributed by atoms with Crippen molar-refractivity contribution in [3.8, 4) is 11.5 Å². The van der Waals surface area contributed by atoms with E-state index in [0.29, 0.717) is 11.3 Å². The lowest BCUT2D eigenvalue weighted by Crippen LogP contribution is -2.07. The van der Waals surface area contributed by atoms with Gasteiger partial charge in [-0.2, -0.15) is 0 Å². The summed E-state index contributed by atoms with van der Waals surface area (Å²) in [6, 6.07) is 17.2. The molecule has 0 unspecified atom stereocenters. The summed E-state index contributed by atoms with van der Waals surface area (Å²) in [5.41, 5.74) is 1.29. The van der Waals surface area contributed by atoms with Crippen molar-refractivity contribution in [3.63, 3.8) is 0 Å². The van der Waals surface area contributed by atoms with Crippen molar-refractivity contribution < 1.29 is 23.5 Å². The highest BCUT2D eigenvalue weighted by molar-refractivity contribution is 6.14. The van der Waals surface area contributed by atoms with E-state index in [1.165, 1.54) is 18.4 Å². The van der Waals surface area contributed by atoms with Gasteiger partial charge in [0.2, 0.25) is 11.5 Å². The number of Topliss-reactive ketones (excluding diaryl/α,β-unsaturated/α-hetero) is 1. The second-order valence-corrected chi connectivity index (χ2v) is 5.38. The number of carbonyl (C=O) groups is 2. The van der Waals surface area contributed by atoms with Crippen LogP contribution in [0.3, 0.4) is 0 Å². The Morgan fingerprint density at radius 1 is 1.00 bits per heavy atom. The minimum absolute atomic E-state index is 0.0992. The van der Waals surface area contributed by atoms with E-state index >= 15 is 0 Å². The molecule has 0 radical (unpaired) electrons. The van der Waals surface area contributed by atoms with Crippen LogP contribution in [-0.2, 0) is 0 Å². The zero-order chi connectivity index (χ0) is 17.2. The van der Waals surface area contributed by atoms with Crippen molar-refractivity contribution in [2.45, 2.75) is 0 Å². The summed E-state index contributed by atoms with van der Waals surface area (Å²) in [7, 11) is 0. The minimum atomic E-state index is -0.616. The van der Waals surface area contributed by atoms with Crippen LogP contribution in [0.25, 0.3) is 6.08 Å². The van der Waals surface area contributed by atoms with Gasteiger partial charge in [0.15, 0.2) is 5.76 Å². The maximum Gasteiger partial charge on any atom is 0.379 e. The number of ketones is 1. The van der Waals surface area contributed by atoms with E-state index in [-0.39, 0.29) is 23.1 Å². The highest BCUT2D eigenvalue weighted by atomic mass is 16.5. The third-order valence-corrected chi connectivity index (χ3v) is 3.67. The minimum Gasteiger partial charge on any atom is -0.457 e. The molecule has 5 nitrogen and oxygen atoms in total. The Kier molecular flexibility index (Phi) is 3.67.